The monoisotopic (exact) mass is 157 g/mol. The second kappa shape index (κ2) is 2.74. The van der Waals surface area contributed by atoms with Crippen molar-refractivity contribution in [3.63, 3.8) is 0 Å². The Morgan fingerprint density at radius 2 is 2.60 bits per heavy atom. The van der Waals surface area contributed by atoms with Crippen LogP contribution in [0.5, 0.6) is 0 Å². The third kappa shape index (κ3) is 1.30. The molecule has 1 heterocycles. The van der Waals surface area contributed by atoms with Crippen LogP contribution in [0.25, 0.3) is 0 Å². The normalized spacial score (nSPS) is 12.9. The maximum Gasteiger partial charge on any atom is 0.227 e. The molecule has 0 bridgehead atoms. The molecule has 1 amide bonds. The third-order valence-electron chi connectivity index (χ3n) is 1.17. The van der Waals surface area contributed by atoms with Crippen LogP contribution >= 0.6 is 11.3 Å². The van der Waals surface area contributed by atoms with E-state index in [2.05, 4.69) is 10.2 Å². The summed E-state index contributed by atoms with van der Waals surface area (Å²) in [6.45, 7) is 1.71. The summed E-state index contributed by atoms with van der Waals surface area (Å²) < 4.78 is 0. The lowest BCUT2D eigenvalue weighted by Crippen LogP contribution is -2.18. The lowest BCUT2D eigenvalue weighted by molar-refractivity contribution is -0.119. The molecule has 1 aromatic rings. The van der Waals surface area contributed by atoms with E-state index < -0.39 is 0 Å². The van der Waals surface area contributed by atoms with Gasteiger partial charge in [0.2, 0.25) is 5.91 Å². The summed E-state index contributed by atoms with van der Waals surface area (Å²) in [5.74, 6) is -0.677. The number of hydrogen-bond donors (Lipinski definition) is 1. The van der Waals surface area contributed by atoms with Gasteiger partial charge in [0.25, 0.3) is 0 Å². The average molecular weight is 157 g/mol. The average Bonchev–Trinajstić information content (AvgIpc) is 2.36. The van der Waals surface area contributed by atoms with Gasteiger partial charge >= 0.3 is 0 Å². The molecule has 0 saturated heterocycles. The van der Waals surface area contributed by atoms with Crippen LogP contribution in [0.4, 0.5) is 0 Å². The van der Waals surface area contributed by atoms with E-state index in [9.17, 15) is 4.79 Å². The van der Waals surface area contributed by atoms with E-state index in [1.165, 1.54) is 11.3 Å². The molecule has 10 heavy (non-hydrogen) atoms. The second-order valence-corrected chi connectivity index (χ2v) is 2.77. The Labute approximate surface area is 62.1 Å². The number of carbonyl (C=O) groups is 1. The minimum Gasteiger partial charge on any atom is -0.369 e. The Morgan fingerprint density at radius 1 is 1.90 bits per heavy atom. The predicted octanol–water partition coefficient (Wildman–Crippen LogP) is 0.127. The molecule has 0 aromatic carbocycles. The highest BCUT2D eigenvalue weighted by molar-refractivity contribution is 7.09. The molecule has 0 aliphatic rings. The van der Waals surface area contributed by atoms with Crippen LogP contribution in [-0.4, -0.2) is 16.1 Å². The number of primary amides is 1. The van der Waals surface area contributed by atoms with Crippen molar-refractivity contribution in [3.8, 4) is 0 Å². The lowest BCUT2D eigenvalue weighted by atomic mass is 10.2. The number of carbonyl (C=O) groups excluding carboxylic acids is 1. The third-order valence-corrected chi connectivity index (χ3v) is 2.05. The van der Waals surface area contributed by atoms with Gasteiger partial charge in [0, 0.05) is 0 Å². The number of hydrogen-bond acceptors (Lipinski definition) is 4. The SMILES string of the molecule is CC(C(N)=O)c1nncs1. The standard InChI is InChI=1S/C5H7N3OS/c1-3(4(6)9)5-8-7-2-10-5/h2-3H,1H3,(H2,6,9). The van der Waals surface area contributed by atoms with E-state index >= 15 is 0 Å². The molecule has 0 saturated carbocycles. The van der Waals surface area contributed by atoms with Crippen molar-refractivity contribution in [1.29, 1.82) is 0 Å². The summed E-state index contributed by atoms with van der Waals surface area (Å²) in [5, 5.41) is 7.97. The van der Waals surface area contributed by atoms with Crippen molar-refractivity contribution in [1.82, 2.24) is 10.2 Å². The Kier molecular flexibility index (Phi) is 1.96. The molecule has 1 aromatic heterocycles. The van der Waals surface area contributed by atoms with Crippen LogP contribution in [0.3, 0.4) is 0 Å². The Morgan fingerprint density at radius 3 is 3.00 bits per heavy atom. The van der Waals surface area contributed by atoms with Crippen LogP contribution in [0.15, 0.2) is 5.51 Å². The molecule has 0 radical (unpaired) electrons. The van der Waals surface area contributed by atoms with Gasteiger partial charge in [-0.2, -0.15) is 0 Å². The summed E-state index contributed by atoms with van der Waals surface area (Å²) in [6, 6.07) is 0. The van der Waals surface area contributed by atoms with Crippen molar-refractivity contribution in [2.45, 2.75) is 12.8 Å². The highest BCUT2D eigenvalue weighted by atomic mass is 32.1. The molecule has 5 heteroatoms. The number of nitrogens with zero attached hydrogens (tertiary/aromatic N) is 2. The van der Waals surface area contributed by atoms with Crippen molar-refractivity contribution >= 4 is 17.2 Å². The molecule has 2 N–H and O–H groups in total. The van der Waals surface area contributed by atoms with E-state index in [0.717, 1.165) is 0 Å². The van der Waals surface area contributed by atoms with Crippen molar-refractivity contribution in [2.24, 2.45) is 5.73 Å². The molecule has 54 valence electrons. The zero-order valence-corrected chi connectivity index (χ0v) is 6.26. The summed E-state index contributed by atoms with van der Waals surface area (Å²) in [6.07, 6.45) is 0. The quantitative estimate of drug-likeness (QED) is 0.663. The number of aromatic nitrogens is 2. The highest BCUT2D eigenvalue weighted by Gasteiger charge is 2.13. The summed E-state index contributed by atoms with van der Waals surface area (Å²) in [5.41, 5.74) is 6.61. The van der Waals surface area contributed by atoms with Crippen LogP contribution in [0, 0.1) is 0 Å². The van der Waals surface area contributed by atoms with Crippen molar-refractivity contribution in [3.05, 3.63) is 10.5 Å². The summed E-state index contributed by atoms with van der Waals surface area (Å²) in [4.78, 5) is 10.6. The van der Waals surface area contributed by atoms with E-state index in [0.29, 0.717) is 5.01 Å². The van der Waals surface area contributed by atoms with Gasteiger partial charge in [0.1, 0.15) is 10.5 Å². The number of amides is 1. The molecule has 0 fully saturated rings. The minimum absolute atomic E-state index is 0.313. The van der Waals surface area contributed by atoms with Gasteiger partial charge in [-0.05, 0) is 6.92 Å². The summed E-state index contributed by atoms with van der Waals surface area (Å²) in [7, 11) is 0. The first-order valence-electron chi connectivity index (χ1n) is 2.77. The Hall–Kier alpha value is -0.970. The lowest BCUT2D eigenvalue weighted by Gasteiger charge is -1.98. The molecule has 4 nitrogen and oxygen atoms in total. The van der Waals surface area contributed by atoms with E-state index in [-0.39, 0.29) is 11.8 Å². The summed E-state index contributed by atoms with van der Waals surface area (Å²) >= 11 is 1.34. The van der Waals surface area contributed by atoms with Gasteiger partial charge in [0.05, 0.1) is 5.92 Å². The molecule has 1 rings (SSSR count). The molecular formula is C5H7N3OS. The van der Waals surface area contributed by atoms with Gasteiger partial charge in [-0.15, -0.1) is 21.5 Å². The largest absolute Gasteiger partial charge is 0.369 e. The predicted molar refractivity (Wildman–Crippen MR) is 37.5 cm³/mol. The van der Waals surface area contributed by atoms with Gasteiger partial charge in [0.15, 0.2) is 0 Å². The van der Waals surface area contributed by atoms with Crippen molar-refractivity contribution in [2.75, 3.05) is 0 Å². The first-order valence-corrected chi connectivity index (χ1v) is 3.65. The van der Waals surface area contributed by atoms with Gasteiger partial charge < -0.3 is 5.73 Å². The zero-order valence-electron chi connectivity index (χ0n) is 5.44. The first-order chi connectivity index (χ1) is 4.72. The molecule has 1 atom stereocenters. The minimum atomic E-state index is -0.364. The van der Waals surface area contributed by atoms with E-state index in [4.69, 9.17) is 5.73 Å². The molecule has 0 aliphatic carbocycles. The Bertz CT molecular complexity index is 221. The van der Waals surface area contributed by atoms with Gasteiger partial charge in [-0.3, -0.25) is 4.79 Å². The second-order valence-electron chi connectivity index (χ2n) is 1.90. The van der Waals surface area contributed by atoms with Crippen LogP contribution in [0.1, 0.15) is 17.8 Å². The highest BCUT2D eigenvalue weighted by Crippen LogP contribution is 2.14. The van der Waals surface area contributed by atoms with Gasteiger partial charge in [-0.25, -0.2) is 0 Å². The van der Waals surface area contributed by atoms with Crippen LogP contribution < -0.4 is 5.73 Å². The molecular weight excluding hydrogens is 150 g/mol. The van der Waals surface area contributed by atoms with Gasteiger partial charge in [-0.1, -0.05) is 0 Å². The maximum atomic E-state index is 10.6. The fourth-order valence-corrected chi connectivity index (χ4v) is 1.11. The molecule has 1 unspecified atom stereocenters. The number of rotatable bonds is 2. The smallest absolute Gasteiger partial charge is 0.227 e. The first kappa shape index (κ1) is 7.14. The molecule has 0 aliphatic heterocycles. The van der Waals surface area contributed by atoms with Crippen molar-refractivity contribution < 1.29 is 4.79 Å². The Balaban J connectivity index is 2.77. The van der Waals surface area contributed by atoms with Crippen LogP contribution in [0.2, 0.25) is 0 Å². The fraction of sp³-hybridized carbons (Fsp3) is 0.400. The fourth-order valence-electron chi connectivity index (χ4n) is 0.492. The van der Waals surface area contributed by atoms with E-state index in [1.807, 2.05) is 0 Å². The topological polar surface area (TPSA) is 68.9 Å². The molecule has 0 spiro atoms. The zero-order chi connectivity index (χ0) is 7.56. The van der Waals surface area contributed by atoms with E-state index in [1.54, 1.807) is 12.4 Å². The number of nitrogens with two attached hydrogens (primary N) is 1. The maximum absolute atomic E-state index is 10.6. The van der Waals surface area contributed by atoms with Crippen LogP contribution in [-0.2, 0) is 4.79 Å².